The van der Waals surface area contributed by atoms with Crippen molar-refractivity contribution in [1.29, 1.82) is 0 Å². The zero-order valence-electron chi connectivity index (χ0n) is 15.2. The summed E-state index contributed by atoms with van der Waals surface area (Å²) in [5, 5.41) is 3.20. The summed E-state index contributed by atoms with van der Waals surface area (Å²) in [6.07, 6.45) is 3.47. The van der Waals surface area contributed by atoms with Crippen LogP contribution in [0.5, 0.6) is 0 Å². The van der Waals surface area contributed by atoms with Gasteiger partial charge in [0.1, 0.15) is 0 Å². The van der Waals surface area contributed by atoms with E-state index in [0.29, 0.717) is 25.0 Å². The van der Waals surface area contributed by atoms with Gasteiger partial charge in [-0.3, -0.25) is 4.99 Å². The molecule has 2 rings (SSSR count). The van der Waals surface area contributed by atoms with E-state index >= 15 is 0 Å². The highest BCUT2D eigenvalue weighted by molar-refractivity contribution is 14.0. The van der Waals surface area contributed by atoms with Gasteiger partial charge in [-0.05, 0) is 37.8 Å². The van der Waals surface area contributed by atoms with Crippen molar-refractivity contribution < 1.29 is 8.42 Å². The van der Waals surface area contributed by atoms with E-state index in [1.807, 2.05) is 31.0 Å². The first kappa shape index (κ1) is 23.9. The Morgan fingerprint density at radius 3 is 2.69 bits per heavy atom. The van der Waals surface area contributed by atoms with Gasteiger partial charge < -0.3 is 10.2 Å². The van der Waals surface area contributed by atoms with Crippen LogP contribution in [-0.4, -0.2) is 51.7 Å². The van der Waals surface area contributed by atoms with E-state index < -0.39 is 10.0 Å². The van der Waals surface area contributed by atoms with Gasteiger partial charge in [-0.25, -0.2) is 13.1 Å². The second-order valence-electron chi connectivity index (χ2n) is 6.26. The van der Waals surface area contributed by atoms with E-state index in [1.165, 1.54) is 17.8 Å². The topological polar surface area (TPSA) is 73.8 Å². The molecule has 1 aliphatic carbocycles. The molecule has 0 amide bonds. The summed E-state index contributed by atoms with van der Waals surface area (Å²) in [5.41, 5.74) is 0. The number of aliphatic imine (C=N–C) groups is 1. The summed E-state index contributed by atoms with van der Waals surface area (Å²) in [6.45, 7) is 4.18. The third-order valence-electron chi connectivity index (χ3n) is 4.16. The second-order valence-corrected chi connectivity index (χ2v) is 9.99. The lowest BCUT2D eigenvalue weighted by Crippen LogP contribution is -2.39. The van der Waals surface area contributed by atoms with Crippen LogP contribution in [0.25, 0.3) is 0 Å². The SMILES string of the molecule is CCNC(=NCCS(=O)(=O)NCC1CCC1)N(C)Cc1ccc(Cl)s1.I. The van der Waals surface area contributed by atoms with Gasteiger partial charge in [0.2, 0.25) is 10.0 Å². The third-order valence-corrected chi connectivity index (χ3v) is 6.70. The Morgan fingerprint density at radius 2 is 2.15 bits per heavy atom. The molecule has 6 nitrogen and oxygen atoms in total. The van der Waals surface area contributed by atoms with Crippen molar-refractivity contribution in [3.63, 3.8) is 0 Å². The predicted octanol–water partition coefficient (Wildman–Crippen LogP) is 3.14. The molecule has 0 spiro atoms. The second kappa shape index (κ2) is 11.7. The van der Waals surface area contributed by atoms with Crippen LogP contribution in [0.4, 0.5) is 0 Å². The van der Waals surface area contributed by atoms with Crippen molar-refractivity contribution in [3.8, 4) is 0 Å². The van der Waals surface area contributed by atoms with Gasteiger partial charge in [0.05, 0.1) is 23.2 Å². The summed E-state index contributed by atoms with van der Waals surface area (Å²) in [4.78, 5) is 7.55. The number of rotatable bonds is 9. The normalized spacial score (nSPS) is 15.3. The zero-order valence-corrected chi connectivity index (χ0v) is 19.9. The van der Waals surface area contributed by atoms with Crippen molar-refractivity contribution in [1.82, 2.24) is 14.9 Å². The fourth-order valence-corrected chi connectivity index (χ4v) is 4.61. The Hall–Kier alpha value is -0.1000. The lowest BCUT2D eigenvalue weighted by atomic mass is 9.86. The lowest BCUT2D eigenvalue weighted by Gasteiger charge is -2.25. The van der Waals surface area contributed by atoms with Crippen LogP contribution in [0.1, 0.15) is 31.1 Å². The molecular weight excluding hydrogens is 507 g/mol. The third kappa shape index (κ3) is 8.28. The maximum absolute atomic E-state index is 12.1. The Labute approximate surface area is 182 Å². The molecule has 10 heteroatoms. The minimum Gasteiger partial charge on any atom is -0.357 e. The van der Waals surface area contributed by atoms with Gasteiger partial charge in [-0.1, -0.05) is 18.0 Å². The molecule has 1 heterocycles. The van der Waals surface area contributed by atoms with Crippen molar-refractivity contribution in [3.05, 3.63) is 21.3 Å². The largest absolute Gasteiger partial charge is 0.357 e. The molecule has 1 saturated carbocycles. The minimum absolute atomic E-state index is 0. The summed E-state index contributed by atoms with van der Waals surface area (Å²) in [5.74, 6) is 1.22. The molecule has 1 aromatic rings. The lowest BCUT2D eigenvalue weighted by molar-refractivity contribution is 0.316. The predicted molar refractivity (Wildman–Crippen MR) is 121 cm³/mol. The highest BCUT2D eigenvalue weighted by atomic mass is 127. The monoisotopic (exact) mass is 534 g/mol. The number of nitrogens with one attached hydrogen (secondary N) is 2. The van der Waals surface area contributed by atoms with Crippen LogP contribution in [0.15, 0.2) is 17.1 Å². The Morgan fingerprint density at radius 1 is 1.42 bits per heavy atom. The molecular formula is C16H28ClIN4O2S2. The van der Waals surface area contributed by atoms with E-state index in [2.05, 4.69) is 15.0 Å². The number of hydrogen-bond acceptors (Lipinski definition) is 4. The summed E-state index contributed by atoms with van der Waals surface area (Å²) in [6, 6.07) is 3.86. The number of thiophene rings is 1. The summed E-state index contributed by atoms with van der Waals surface area (Å²) >= 11 is 7.50. The van der Waals surface area contributed by atoms with E-state index in [9.17, 15) is 8.42 Å². The number of guanidine groups is 1. The first-order chi connectivity index (χ1) is 11.9. The fourth-order valence-electron chi connectivity index (χ4n) is 2.50. The van der Waals surface area contributed by atoms with Crippen LogP contribution in [0, 0.1) is 5.92 Å². The molecule has 0 aliphatic heterocycles. The molecule has 1 aromatic heterocycles. The average molecular weight is 535 g/mol. The molecule has 0 unspecified atom stereocenters. The Kier molecular flexibility index (Phi) is 10.8. The minimum atomic E-state index is -3.26. The maximum Gasteiger partial charge on any atom is 0.213 e. The summed E-state index contributed by atoms with van der Waals surface area (Å²) in [7, 11) is -1.33. The van der Waals surface area contributed by atoms with E-state index in [-0.39, 0.29) is 36.3 Å². The molecule has 1 fully saturated rings. The zero-order chi connectivity index (χ0) is 18.3. The molecule has 150 valence electrons. The van der Waals surface area contributed by atoms with E-state index in [4.69, 9.17) is 11.6 Å². The van der Waals surface area contributed by atoms with Crippen molar-refractivity contribution in [2.75, 3.05) is 32.4 Å². The molecule has 0 bridgehead atoms. The van der Waals surface area contributed by atoms with Crippen LogP contribution in [-0.2, 0) is 16.6 Å². The standard InChI is InChI=1S/C16H27ClN4O2S2.HI/c1-3-18-16(21(2)12-14-7-8-15(17)24-14)19-9-10-25(22,23)20-11-13-5-4-6-13;/h7-8,13,20H,3-6,9-12H2,1-2H3,(H,18,19);1H. The maximum atomic E-state index is 12.1. The Bertz CT molecular complexity index is 678. The van der Waals surface area contributed by atoms with Gasteiger partial charge in [0.25, 0.3) is 0 Å². The van der Waals surface area contributed by atoms with Crippen molar-refractivity contribution in [2.24, 2.45) is 10.9 Å². The molecule has 0 atom stereocenters. The number of hydrogen-bond donors (Lipinski definition) is 2. The quantitative estimate of drug-likeness (QED) is 0.290. The van der Waals surface area contributed by atoms with Crippen molar-refractivity contribution in [2.45, 2.75) is 32.7 Å². The first-order valence-electron chi connectivity index (χ1n) is 8.60. The van der Waals surface area contributed by atoms with E-state index in [0.717, 1.165) is 28.6 Å². The van der Waals surface area contributed by atoms with Crippen molar-refractivity contribution >= 4 is 62.9 Å². The molecule has 0 saturated heterocycles. The fraction of sp³-hybridized carbons (Fsp3) is 0.688. The smallest absolute Gasteiger partial charge is 0.213 e. The Balaban J connectivity index is 0.00000338. The highest BCUT2D eigenvalue weighted by Crippen LogP contribution is 2.25. The number of sulfonamides is 1. The summed E-state index contributed by atoms with van der Waals surface area (Å²) < 4.78 is 27.6. The number of nitrogens with zero attached hydrogens (tertiary/aromatic N) is 2. The highest BCUT2D eigenvalue weighted by Gasteiger charge is 2.20. The van der Waals surface area contributed by atoms with Crippen LogP contribution in [0.3, 0.4) is 0 Å². The molecule has 0 aromatic carbocycles. The molecule has 26 heavy (non-hydrogen) atoms. The van der Waals surface area contributed by atoms with Crippen LogP contribution < -0.4 is 10.0 Å². The van der Waals surface area contributed by atoms with Gasteiger partial charge in [0, 0.05) is 25.0 Å². The number of halogens is 2. The van der Waals surface area contributed by atoms with Gasteiger partial charge in [-0.2, -0.15) is 0 Å². The van der Waals surface area contributed by atoms with Gasteiger partial charge in [-0.15, -0.1) is 35.3 Å². The molecule has 2 N–H and O–H groups in total. The van der Waals surface area contributed by atoms with Gasteiger partial charge in [0.15, 0.2) is 5.96 Å². The van der Waals surface area contributed by atoms with Crippen LogP contribution >= 0.6 is 46.9 Å². The van der Waals surface area contributed by atoms with Crippen LogP contribution in [0.2, 0.25) is 4.34 Å². The first-order valence-corrected chi connectivity index (χ1v) is 11.5. The molecule has 0 radical (unpaired) electrons. The van der Waals surface area contributed by atoms with E-state index in [1.54, 1.807) is 0 Å². The molecule has 1 aliphatic rings. The average Bonchev–Trinajstić information content (AvgIpc) is 2.89. The van der Waals surface area contributed by atoms with Gasteiger partial charge >= 0.3 is 0 Å².